The molecule has 0 unspecified atom stereocenters. The molecule has 3 amide bonds. The van der Waals surface area contributed by atoms with Crippen molar-refractivity contribution < 1.29 is 18.5 Å². The first kappa shape index (κ1) is 14.6. The first-order chi connectivity index (χ1) is 11.6. The van der Waals surface area contributed by atoms with Gasteiger partial charge in [0, 0.05) is 0 Å². The van der Waals surface area contributed by atoms with Gasteiger partial charge in [-0.15, -0.1) is 11.3 Å². The molecule has 8 nitrogen and oxygen atoms in total. The Bertz CT molecular complexity index is 887. The van der Waals surface area contributed by atoms with E-state index in [4.69, 9.17) is 8.94 Å². The van der Waals surface area contributed by atoms with Gasteiger partial charge in [-0.1, -0.05) is 11.2 Å². The Morgan fingerprint density at radius 1 is 1.33 bits per heavy atom. The number of hydrogen-bond donors (Lipinski definition) is 1. The Labute approximate surface area is 140 Å². The molecule has 9 heteroatoms. The predicted molar refractivity (Wildman–Crippen MR) is 82.8 cm³/mol. The minimum absolute atomic E-state index is 0.0979. The van der Waals surface area contributed by atoms with E-state index >= 15 is 0 Å². The molecule has 1 N–H and O–H groups in total. The fraction of sp³-hybridized carbons (Fsp3) is 0.200. The lowest BCUT2D eigenvalue weighted by Gasteiger charge is -2.18. The standard InChI is InChI=1S/C15H12N4O4S/c1-15(10-5-2-6-22-10)13(20)19(14(21)17-15)8-11-16-12(18-23-11)9-4-3-7-24-9/h2-7H,8H2,1H3,(H,17,21)/t15-/m0/s1. The van der Waals surface area contributed by atoms with Crippen molar-refractivity contribution in [2.45, 2.75) is 19.0 Å². The maximum Gasteiger partial charge on any atom is 0.325 e. The number of carbonyl (C=O) groups is 2. The Morgan fingerprint density at radius 2 is 2.21 bits per heavy atom. The Hall–Kier alpha value is -2.94. The average Bonchev–Trinajstić information content (AvgIpc) is 3.34. The highest BCUT2D eigenvalue weighted by Gasteiger charge is 2.51. The maximum atomic E-state index is 12.7. The van der Waals surface area contributed by atoms with E-state index in [9.17, 15) is 9.59 Å². The minimum Gasteiger partial charge on any atom is -0.466 e. The highest BCUT2D eigenvalue weighted by Crippen LogP contribution is 2.30. The normalized spacial score (nSPS) is 20.6. The van der Waals surface area contributed by atoms with Gasteiger partial charge in [0.2, 0.25) is 11.7 Å². The number of nitrogens with one attached hydrogen (secondary N) is 1. The van der Waals surface area contributed by atoms with Crippen LogP contribution in [0, 0.1) is 0 Å². The lowest BCUT2D eigenvalue weighted by Crippen LogP contribution is -2.40. The van der Waals surface area contributed by atoms with Crippen LogP contribution >= 0.6 is 11.3 Å². The van der Waals surface area contributed by atoms with E-state index < -0.39 is 17.5 Å². The fourth-order valence-electron chi connectivity index (χ4n) is 2.53. The SMILES string of the molecule is C[C@@]1(c2ccco2)NC(=O)N(Cc2nc(-c3cccs3)no2)C1=O. The number of rotatable bonds is 4. The molecule has 24 heavy (non-hydrogen) atoms. The van der Waals surface area contributed by atoms with Gasteiger partial charge in [0.15, 0.2) is 5.54 Å². The first-order valence-corrected chi connectivity index (χ1v) is 8.00. The molecule has 1 aliphatic heterocycles. The minimum atomic E-state index is -1.24. The van der Waals surface area contributed by atoms with Gasteiger partial charge in [0.1, 0.15) is 12.3 Å². The monoisotopic (exact) mass is 344 g/mol. The zero-order chi connectivity index (χ0) is 16.7. The maximum absolute atomic E-state index is 12.7. The molecule has 0 saturated carbocycles. The first-order valence-electron chi connectivity index (χ1n) is 7.12. The third-order valence-corrected chi connectivity index (χ3v) is 4.66. The average molecular weight is 344 g/mol. The Balaban J connectivity index is 1.57. The van der Waals surface area contributed by atoms with Gasteiger partial charge in [0.25, 0.3) is 5.91 Å². The topological polar surface area (TPSA) is 101 Å². The van der Waals surface area contributed by atoms with Crippen LogP contribution in [-0.4, -0.2) is 27.0 Å². The summed E-state index contributed by atoms with van der Waals surface area (Å²) in [4.78, 5) is 31.0. The second-order valence-electron chi connectivity index (χ2n) is 5.41. The highest BCUT2D eigenvalue weighted by atomic mass is 32.1. The molecule has 0 radical (unpaired) electrons. The van der Waals surface area contributed by atoms with Gasteiger partial charge in [-0.3, -0.25) is 9.69 Å². The van der Waals surface area contributed by atoms with Crippen molar-refractivity contribution in [1.29, 1.82) is 0 Å². The van der Waals surface area contributed by atoms with Crippen LogP contribution in [0.4, 0.5) is 4.79 Å². The summed E-state index contributed by atoms with van der Waals surface area (Å²) in [6, 6.07) is 6.51. The number of hydrogen-bond acceptors (Lipinski definition) is 7. The van der Waals surface area contributed by atoms with Crippen molar-refractivity contribution >= 4 is 23.3 Å². The van der Waals surface area contributed by atoms with Crippen molar-refractivity contribution in [3.63, 3.8) is 0 Å². The summed E-state index contributed by atoms with van der Waals surface area (Å²) in [5.41, 5.74) is -1.24. The second-order valence-corrected chi connectivity index (χ2v) is 6.36. The molecule has 0 aromatic carbocycles. The van der Waals surface area contributed by atoms with E-state index in [1.165, 1.54) is 17.6 Å². The van der Waals surface area contributed by atoms with Crippen LogP contribution in [0.3, 0.4) is 0 Å². The molecule has 3 aromatic rings. The molecule has 0 spiro atoms. The Morgan fingerprint density at radius 3 is 2.92 bits per heavy atom. The molecule has 1 fully saturated rings. The van der Waals surface area contributed by atoms with Crippen LogP contribution in [0.15, 0.2) is 44.8 Å². The number of thiophene rings is 1. The van der Waals surface area contributed by atoms with E-state index in [1.807, 2.05) is 17.5 Å². The summed E-state index contributed by atoms with van der Waals surface area (Å²) in [6.45, 7) is 1.50. The number of furan rings is 1. The molecule has 4 rings (SSSR count). The molecular weight excluding hydrogens is 332 g/mol. The Kier molecular flexibility index (Phi) is 3.24. The van der Waals surface area contributed by atoms with Gasteiger partial charge in [-0.05, 0) is 30.5 Å². The number of aromatic nitrogens is 2. The molecule has 4 heterocycles. The number of urea groups is 1. The molecule has 122 valence electrons. The van der Waals surface area contributed by atoms with Crippen LogP contribution in [0.1, 0.15) is 18.6 Å². The van der Waals surface area contributed by atoms with Gasteiger partial charge in [0.05, 0.1) is 11.1 Å². The molecule has 1 aliphatic rings. The molecule has 3 aromatic heterocycles. The van der Waals surface area contributed by atoms with Gasteiger partial charge in [-0.25, -0.2) is 4.79 Å². The molecule has 0 aliphatic carbocycles. The number of imide groups is 1. The molecule has 1 saturated heterocycles. The summed E-state index contributed by atoms with van der Waals surface area (Å²) < 4.78 is 10.4. The third kappa shape index (κ3) is 2.21. The summed E-state index contributed by atoms with van der Waals surface area (Å²) >= 11 is 1.47. The van der Waals surface area contributed by atoms with Crippen LogP contribution in [-0.2, 0) is 16.9 Å². The number of nitrogens with zero attached hydrogens (tertiary/aromatic N) is 3. The second kappa shape index (κ2) is 5.31. The summed E-state index contributed by atoms with van der Waals surface area (Å²) in [5.74, 6) is 0.554. The fourth-order valence-corrected chi connectivity index (χ4v) is 3.18. The van der Waals surface area contributed by atoms with Crippen molar-refractivity contribution in [1.82, 2.24) is 20.4 Å². The van der Waals surface area contributed by atoms with Crippen LogP contribution in [0.2, 0.25) is 0 Å². The molecule has 0 bridgehead atoms. The summed E-state index contributed by atoms with van der Waals surface area (Å²) in [6.07, 6.45) is 1.45. The molecular formula is C15H12N4O4S. The number of amides is 3. The van der Waals surface area contributed by atoms with Crippen LogP contribution in [0.5, 0.6) is 0 Å². The van der Waals surface area contributed by atoms with E-state index in [2.05, 4.69) is 15.5 Å². The predicted octanol–water partition coefficient (Wildman–Crippen LogP) is 2.36. The quantitative estimate of drug-likeness (QED) is 0.729. The lowest BCUT2D eigenvalue weighted by molar-refractivity contribution is -0.132. The van der Waals surface area contributed by atoms with Crippen molar-refractivity contribution in [3.8, 4) is 10.7 Å². The molecule has 1 atom stereocenters. The van der Waals surface area contributed by atoms with E-state index in [1.54, 1.807) is 19.1 Å². The zero-order valence-electron chi connectivity index (χ0n) is 12.6. The van der Waals surface area contributed by atoms with Crippen molar-refractivity contribution in [3.05, 3.63) is 47.6 Å². The van der Waals surface area contributed by atoms with Crippen LogP contribution in [0.25, 0.3) is 10.7 Å². The van der Waals surface area contributed by atoms with Crippen molar-refractivity contribution in [2.24, 2.45) is 0 Å². The summed E-state index contributed by atoms with van der Waals surface area (Å²) in [7, 11) is 0. The van der Waals surface area contributed by atoms with E-state index in [0.29, 0.717) is 11.6 Å². The van der Waals surface area contributed by atoms with E-state index in [0.717, 1.165) is 9.78 Å². The van der Waals surface area contributed by atoms with Crippen molar-refractivity contribution in [2.75, 3.05) is 0 Å². The van der Waals surface area contributed by atoms with Gasteiger partial charge in [-0.2, -0.15) is 4.98 Å². The smallest absolute Gasteiger partial charge is 0.325 e. The van der Waals surface area contributed by atoms with Crippen LogP contribution < -0.4 is 5.32 Å². The van der Waals surface area contributed by atoms with Gasteiger partial charge < -0.3 is 14.3 Å². The van der Waals surface area contributed by atoms with E-state index in [-0.39, 0.29) is 12.4 Å². The highest BCUT2D eigenvalue weighted by molar-refractivity contribution is 7.13. The zero-order valence-corrected chi connectivity index (χ0v) is 13.4. The summed E-state index contributed by atoms with van der Waals surface area (Å²) in [5, 5.41) is 8.42. The lowest BCUT2D eigenvalue weighted by atomic mass is 9.99. The number of carbonyl (C=O) groups excluding carboxylic acids is 2. The van der Waals surface area contributed by atoms with Gasteiger partial charge >= 0.3 is 6.03 Å². The largest absolute Gasteiger partial charge is 0.466 e. The third-order valence-electron chi connectivity index (χ3n) is 3.79.